The van der Waals surface area contributed by atoms with Crippen molar-refractivity contribution >= 4 is 5.97 Å². The Morgan fingerprint density at radius 1 is 1.20 bits per heavy atom. The summed E-state index contributed by atoms with van der Waals surface area (Å²) < 4.78 is 1.70. The van der Waals surface area contributed by atoms with E-state index in [1.165, 1.54) is 32.1 Å². The number of aromatic carboxylic acids is 1. The summed E-state index contributed by atoms with van der Waals surface area (Å²) in [5.41, 5.74) is 6.20. The number of nitrogens with two attached hydrogens (primary N) is 1. The third kappa shape index (κ3) is 5.28. The Kier molecular flexibility index (Phi) is 7.87. The molecule has 1 rings (SSSR count). The highest BCUT2D eigenvalue weighted by Crippen LogP contribution is 2.10. The SMILES string of the molecule is CCCCCCCCCn1nnc(C(=O)O)c1CCN. The third-order valence-corrected chi connectivity index (χ3v) is 3.39. The van der Waals surface area contributed by atoms with Crippen molar-refractivity contribution in [2.24, 2.45) is 5.73 Å². The van der Waals surface area contributed by atoms with Gasteiger partial charge in [0.2, 0.25) is 0 Å². The number of hydrogen-bond donors (Lipinski definition) is 2. The number of carbonyl (C=O) groups is 1. The highest BCUT2D eigenvalue weighted by atomic mass is 16.4. The quantitative estimate of drug-likeness (QED) is 0.607. The summed E-state index contributed by atoms with van der Waals surface area (Å²) >= 11 is 0. The van der Waals surface area contributed by atoms with Crippen LogP contribution in [0.4, 0.5) is 0 Å². The average Bonchev–Trinajstić information content (AvgIpc) is 2.81. The van der Waals surface area contributed by atoms with Crippen LogP contribution < -0.4 is 5.73 Å². The Morgan fingerprint density at radius 2 is 1.85 bits per heavy atom. The predicted molar refractivity (Wildman–Crippen MR) is 77.7 cm³/mol. The first-order chi connectivity index (χ1) is 9.70. The first kappa shape index (κ1) is 16.6. The molecule has 20 heavy (non-hydrogen) atoms. The summed E-state index contributed by atoms with van der Waals surface area (Å²) in [6.45, 7) is 3.35. The van der Waals surface area contributed by atoms with Crippen molar-refractivity contribution in [2.45, 2.75) is 64.8 Å². The van der Waals surface area contributed by atoms with Crippen LogP contribution in [0.1, 0.15) is 68.1 Å². The van der Waals surface area contributed by atoms with E-state index in [-0.39, 0.29) is 5.69 Å². The van der Waals surface area contributed by atoms with Gasteiger partial charge in [-0.2, -0.15) is 0 Å². The molecule has 0 spiro atoms. The van der Waals surface area contributed by atoms with Crippen molar-refractivity contribution in [1.82, 2.24) is 15.0 Å². The maximum Gasteiger partial charge on any atom is 0.358 e. The number of aromatic nitrogens is 3. The van der Waals surface area contributed by atoms with Gasteiger partial charge in [-0.05, 0) is 13.0 Å². The maximum atomic E-state index is 11.0. The van der Waals surface area contributed by atoms with Crippen LogP contribution in [-0.4, -0.2) is 32.6 Å². The molecule has 1 heterocycles. The molecule has 0 amide bonds. The number of carboxylic acid groups (broad SMARTS) is 1. The van der Waals surface area contributed by atoms with E-state index in [0.29, 0.717) is 18.7 Å². The van der Waals surface area contributed by atoms with Gasteiger partial charge in [0.05, 0.1) is 5.69 Å². The van der Waals surface area contributed by atoms with Crippen molar-refractivity contribution in [3.8, 4) is 0 Å². The Labute approximate surface area is 120 Å². The van der Waals surface area contributed by atoms with Crippen LogP contribution >= 0.6 is 0 Å². The molecule has 0 radical (unpaired) electrons. The lowest BCUT2D eigenvalue weighted by molar-refractivity contribution is 0.0689. The van der Waals surface area contributed by atoms with Gasteiger partial charge in [-0.1, -0.05) is 50.7 Å². The Bertz CT molecular complexity index is 404. The van der Waals surface area contributed by atoms with E-state index in [0.717, 1.165) is 19.4 Å². The smallest absolute Gasteiger partial charge is 0.358 e. The van der Waals surface area contributed by atoms with E-state index in [9.17, 15) is 4.79 Å². The second-order valence-corrected chi connectivity index (χ2v) is 5.07. The van der Waals surface area contributed by atoms with Crippen molar-refractivity contribution < 1.29 is 9.90 Å². The van der Waals surface area contributed by atoms with E-state index in [2.05, 4.69) is 17.2 Å². The molecular weight excluding hydrogens is 256 g/mol. The molecular formula is C14H26N4O2. The van der Waals surface area contributed by atoms with Crippen LogP contribution in [-0.2, 0) is 13.0 Å². The molecule has 0 aliphatic heterocycles. The maximum absolute atomic E-state index is 11.0. The summed E-state index contributed by atoms with van der Waals surface area (Å²) in [5, 5.41) is 16.7. The van der Waals surface area contributed by atoms with E-state index in [4.69, 9.17) is 10.8 Å². The van der Waals surface area contributed by atoms with Crippen LogP contribution in [0.3, 0.4) is 0 Å². The fourth-order valence-corrected chi connectivity index (χ4v) is 2.28. The molecule has 3 N–H and O–H groups in total. The van der Waals surface area contributed by atoms with E-state index >= 15 is 0 Å². The van der Waals surface area contributed by atoms with Gasteiger partial charge >= 0.3 is 5.97 Å². The van der Waals surface area contributed by atoms with Crippen LogP contribution in [0.2, 0.25) is 0 Å². The molecule has 1 aromatic rings. The molecule has 6 nitrogen and oxygen atoms in total. The highest BCUT2D eigenvalue weighted by Gasteiger charge is 2.17. The second-order valence-electron chi connectivity index (χ2n) is 5.07. The minimum absolute atomic E-state index is 0.0402. The monoisotopic (exact) mass is 282 g/mol. The van der Waals surface area contributed by atoms with E-state index in [1.54, 1.807) is 4.68 Å². The normalized spacial score (nSPS) is 10.9. The van der Waals surface area contributed by atoms with Gasteiger partial charge in [-0.3, -0.25) is 0 Å². The summed E-state index contributed by atoms with van der Waals surface area (Å²) in [6, 6.07) is 0. The molecule has 114 valence electrons. The third-order valence-electron chi connectivity index (χ3n) is 3.39. The standard InChI is InChI=1S/C14H26N4O2/c1-2-3-4-5-6-7-8-11-18-12(9-10-15)13(14(19)20)16-17-18/h2-11,15H2,1H3,(H,19,20). The van der Waals surface area contributed by atoms with Crippen molar-refractivity contribution in [3.63, 3.8) is 0 Å². The number of hydrogen-bond acceptors (Lipinski definition) is 4. The number of nitrogens with zero attached hydrogens (tertiary/aromatic N) is 3. The molecule has 0 aliphatic carbocycles. The number of carboxylic acids is 1. The van der Waals surface area contributed by atoms with Gasteiger partial charge in [-0.25, -0.2) is 9.48 Å². The predicted octanol–water partition coefficient (Wildman–Crippen LogP) is 2.23. The molecule has 0 fully saturated rings. The number of rotatable bonds is 11. The van der Waals surface area contributed by atoms with Crippen LogP contribution in [0.15, 0.2) is 0 Å². The van der Waals surface area contributed by atoms with Crippen LogP contribution in [0.25, 0.3) is 0 Å². The molecule has 0 unspecified atom stereocenters. The van der Waals surface area contributed by atoms with Gasteiger partial charge in [0.15, 0.2) is 5.69 Å². The van der Waals surface area contributed by atoms with Gasteiger partial charge in [0.1, 0.15) is 0 Å². The van der Waals surface area contributed by atoms with Crippen LogP contribution in [0, 0.1) is 0 Å². The average molecular weight is 282 g/mol. The summed E-state index contributed by atoms with van der Waals surface area (Å²) in [5.74, 6) is -1.03. The van der Waals surface area contributed by atoms with Gasteiger partial charge in [-0.15, -0.1) is 5.10 Å². The molecule has 0 saturated heterocycles. The molecule has 0 bridgehead atoms. The molecule has 6 heteroatoms. The zero-order valence-corrected chi connectivity index (χ0v) is 12.3. The highest BCUT2D eigenvalue weighted by molar-refractivity contribution is 5.86. The van der Waals surface area contributed by atoms with Gasteiger partial charge in [0.25, 0.3) is 0 Å². The van der Waals surface area contributed by atoms with Crippen molar-refractivity contribution in [1.29, 1.82) is 0 Å². The molecule has 1 aromatic heterocycles. The second kappa shape index (κ2) is 9.47. The fourth-order valence-electron chi connectivity index (χ4n) is 2.28. The first-order valence-corrected chi connectivity index (χ1v) is 7.56. The zero-order valence-electron chi connectivity index (χ0n) is 12.3. The lowest BCUT2D eigenvalue weighted by atomic mass is 10.1. The largest absolute Gasteiger partial charge is 0.476 e. The topological polar surface area (TPSA) is 94.0 Å². The lowest BCUT2D eigenvalue weighted by Gasteiger charge is -2.06. The summed E-state index contributed by atoms with van der Waals surface area (Å²) in [7, 11) is 0. The Hall–Kier alpha value is -1.43. The van der Waals surface area contributed by atoms with Crippen molar-refractivity contribution in [3.05, 3.63) is 11.4 Å². The number of aryl methyl sites for hydroxylation is 1. The Balaban J connectivity index is 2.37. The van der Waals surface area contributed by atoms with E-state index in [1.807, 2.05) is 0 Å². The molecule has 0 saturated carbocycles. The summed E-state index contributed by atoms with van der Waals surface area (Å²) in [6.07, 6.45) is 9.05. The molecule has 0 atom stereocenters. The first-order valence-electron chi connectivity index (χ1n) is 7.56. The zero-order chi connectivity index (χ0) is 14.8. The minimum atomic E-state index is -1.03. The van der Waals surface area contributed by atoms with Gasteiger partial charge < -0.3 is 10.8 Å². The fraction of sp³-hybridized carbons (Fsp3) is 0.786. The minimum Gasteiger partial charge on any atom is -0.476 e. The molecule has 0 aromatic carbocycles. The summed E-state index contributed by atoms with van der Waals surface area (Å²) in [4.78, 5) is 11.0. The Morgan fingerprint density at radius 3 is 2.45 bits per heavy atom. The van der Waals surface area contributed by atoms with Crippen LogP contribution in [0.5, 0.6) is 0 Å². The van der Waals surface area contributed by atoms with Gasteiger partial charge in [0, 0.05) is 13.0 Å². The molecule has 0 aliphatic rings. The van der Waals surface area contributed by atoms with Crippen molar-refractivity contribution in [2.75, 3.05) is 6.54 Å². The van der Waals surface area contributed by atoms with E-state index < -0.39 is 5.97 Å². The lowest BCUT2D eigenvalue weighted by Crippen LogP contribution is -2.13. The number of unbranched alkanes of at least 4 members (excludes halogenated alkanes) is 6.